The number of carbonyl (C=O) groups excluding carboxylic acids is 2. The molecule has 0 radical (unpaired) electrons. The lowest BCUT2D eigenvalue weighted by Gasteiger charge is -2.40. The van der Waals surface area contributed by atoms with Gasteiger partial charge in [-0.15, -0.1) is 0 Å². The van der Waals surface area contributed by atoms with Crippen LogP contribution in [0.3, 0.4) is 0 Å². The first-order valence-corrected chi connectivity index (χ1v) is 9.21. The molecule has 0 N–H and O–H groups in total. The third-order valence-corrected chi connectivity index (χ3v) is 7.79. The van der Waals surface area contributed by atoms with Gasteiger partial charge in [-0.3, -0.25) is 9.59 Å². The lowest BCUT2D eigenvalue weighted by atomic mass is 9.79. The van der Waals surface area contributed by atoms with Crippen LogP contribution in [0, 0.1) is 16.7 Å². The summed E-state index contributed by atoms with van der Waals surface area (Å²) in [5.74, 6) is 1.02. The van der Waals surface area contributed by atoms with Crippen LogP contribution in [-0.4, -0.2) is 45.2 Å². The number of rotatable bonds is 1. The summed E-state index contributed by atoms with van der Waals surface area (Å²) in [6.45, 7) is 3.76. The Kier molecular flexibility index (Phi) is 2.72. The van der Waals surface area contributed by atoms with Gasteiger partial charge >= 0.3 is 0 Å². The Morgan fingerprint density at radius 2 is 1.96 bits per heavy atom. The summed E-state index contributed by atoms with van der Waals surface area (Å²) in [4.78, 5) is 27.6. The van der Waals surface area contributed by atoms with Crippen LogP contribution in [0.25, 0.3) is 0 Å². The van der Waals surface area contributed by atoms with Gasteiger partial charge in [0.15, 0.2) is 21.2 Å². The van der Waals surface area contributed by atoms with E-state index in [1.807, 2.05) is 19.1 Å². The van der Waals surface area contributed by atoms with Crippen LogP contribution in [0.1, 0.15) is 31.9 Å². The molecule has 8 heteroatoms. The molecule has 4 aliphatic heterocycles. The maximum atomic E-state index is 13.3. The lowest BCUT2D eigenvalue weighted by molar-refractivity contribution is -0.159. The van der Waals surface area contributed by atoms with Crippen LogP contribution in [0.5, 0.6) is 11.5 Å². The molecule has 26 heavy (non-hydrogen) atoms. The van der Waals surface area contributed by atoms with Crippen molar-refractivity contribution in [3.8, 4) is 17.6 Å². The number of benzene rings is 1. The molecule has 4 heterocycles. The topological polar surface area (TPSA) is 82.9 Å². The van der Waals surface area contributed by atoms with Crippen molar-refractivity contribution in [3.05, 3.63) is 23.8 Å². The molecule has 3 fully saturated rings. The molecule has 0 aromatic heterocycles. The minimum Gasteiger partial charge on any atom is -0.454 e. The van der Waals surface area contributed by atoms with Gasteiger partial charge in [0.25, 0.3) is 11.8 Å². The molecule has 134 valence electrons. The average Bonchev–Trinajstić information content (AvgIpc) is 3.28. The molecular weight excluding hydrogens is 354 g/mol. The second-order valence-electron chi connectivity index (χ2n) is 7.63. The van der Waals surface area contributed by atoms with Gasteiger partial charge in [-0.25, -0.2) is 0 Å². The van der Waals surface area contributed by atoms with E-state index in [1.165, 1.54) is 16.7 Å². The van der Waals surface area contributed by atoms with E-state index in [2.05, 4.69) is 6.07 Å². The Bertz CT molecular complexity index is 930. The van der Waals surface area contributed by atoms with Gasteiger partial charge in [-0.1, -0.05) is 17.8 Å². The lowest BCUT2D eigenvalue weighted by Crippen LogP contribution is -2.60. The third-order valence-electron chi connectivity index (χ3n) is 6.09. The van der Waals surface area contributed by atoms with Crippen molar-refractivity contribution in [1.82, 2.24) is 9.80 Å². The quantitative estimate of drug-likeness (QED) is 0.749. The zero-order valence-electron chi connectivity index (χ0n) is 14.6. The van der Waals surface area contributed by atoms with Gasteiger partial charge in [0.05, 0.1) is 17.5 Å². The van der Waals surface area contributed by atoms with Crippen molar-refractivity contribution in [2.45, 2.75) is 36.1 Å². The molecule has 1 aromatic carbocycles. The zero-order valence-corrected chi connectivity index (χ0v) is 15.4. The number of piperazine rings is 1. The van der Waals surface area contributed by atoms with Gasteiger partial charge in [0.2, 0.25) is 6.79 Å². The number of amides is 2. The fourth-order valence-corrected chi connectivity index (χ4v) is 6.67. The normalized spacial score (nSPS) is 39.5. The number of carbonyl (C=O) groups is 2. The molecule has 4 aliphatic rings. The summed E-state index contributed by atoms with van der Waals surface area (Å²) in [7, 11) is 1.66. The maximum Gasteiger partial charge on any atom is 0.261 e. The second-order valence-corrected chi connectivity index (χ2v) is 9.30. The first kappa shape index (κ1) is 15.8. The summed E-state index contributed by atoms with van der Waals surface area (Å²) < 4.78 is 10.8. The van der Waals surface area contributed by atoms with Gasteiger partial charge in [-0.05, 0) is 31.5 Å². The highest BCUT2D eigenvalue weighted by Crippen LogP contribution is 2.69. The molecule has 5 rings (SSSR count). The van der Waals surface area contributed by atoms with Gasteiger partial charge in [0.1, 0.15) is 0 Å². The molecule has 1 unspecified atom stereocenters. The Balaban J connectivity index is 1.69. The molecule has 4 atom stereocenters. The minimum atomic E-state index is -1.01. The molecule has 7 nitrogen and oxygen atoms in total. The van der Waals surface area contributed by atoms with Crippen LogP contribution in [0.4, 0.5) is 0 Å². The number of nitrogens with zero attached hydrogens (tertiary/aromatic N) is 3. The Morgan fingerprint density at radius 3 is 2.69 bits per heavy atom. The van der Waals surface area contributed by atoms with Gasteiger partial charge in [0, 0.05) is 13.5 Å². The van der Waals surface area contributed by atoms with E-state index in [-0.39, 0.29) is 18.6 Å². The summed E-state index contributed by atoms with van der Waals surface area (Å²) in [5, 5.41) is 9.95. The van der Waals surface area contributed by atoms with E-state index in [0.717, 1.165) is 5.56 Å². The largest absolute Gasteiger partial charge is 0.454 e. The van der Waals surface area contributed by atoms with E-state index in [9.17, 15) is 14.9 Å². The van der Waals surface area contributed by atoms with Crippen molar-refractivity contribution < 1.29 is 19.1 Å². The van der Waals surface area contributed by atoms with Crippen molar-refractivity contribution in [2.75, 3.05) is 13.8 Å². The van der Waals surface area contributed by atoms with Crippen molar-refractivity contribution in [1.29, 1.82) is 5.26 Å². The van der Waals surface area contributed by atoms with Crippen LogP contribution < -0.4 is 9.47 Å². The Labute approximate surface area is 154 Å². The highest BCUT2D eigenvalue weighted by Gasteiger charge is 2.78. The predicted octanol–water partition coefficient (Wildman–Crippen LogP) is 1.85. The number of ether oxygens (including phenoxy) is 2. The fraction of sp³-hybridized carbons (Fsp3) is 0.500. The second kappa shape index (κ2) is 4.46. The number of hydrogen-bond acceptors (Lipinski definition) is 6. The first-order chi connectivity index (χ1) is 12.3. The monoisotopic (exact) mass is 371 g/mol. The SMILES string of the molecule is CN1C(=O)C23C[C@@](C)(C#N)[C@H](c4ccc5c(c4)OCO5)N2C(=O)[C@@]1(C)S3. The zero-order chi connectivity index (χ0) is 18.5. The number of nitriles is 1. The standard InChI is InChI=1S/C18H17N3O4S/c1-16(8-19)7-18-15(23)20(3)17(2,26-18)14(22)21(18)13(16)10-4-5-11-12(6-10)25-9-24-11/h4-6,13H,7,9H2,1-3H3/t13-,16-,17+,18?/m0/s1. The van der Waals surface area contributed by atoms with E-state index in [1.54, 1.807) is 24.9 Å². The van der Waals surface area contributed by atoms with Crippen molar-refractivity contribution in [2.24, 2.45) is 5.41 Å². The molecule has 0 aliphatic carbocycles. The molecule has 0 saturated carbocycles. The Morgan fingerprint density at radius 1 is 1.23 bits per heavy atom. The number of likely N-dealkylation sites (N-methyl/N-ethyl adjacent to an activating group) is 1. The molecule has 2 amide bonds. The smallest absolute Gasteiger partial charge is 0.261 e. The maximum absolute atomic E-state index is 13.3. The van der Waals surface area contributed by atoms with Crippen LogP contribution in [0.15, 0.2) is 18.2 Å². The fourth-order valence-electron chi connectivity index (χ4n) is 4.73. The van der Waals surface area contributed by atoms with E-state index in [4.69, 9.17) is 9.47 Å². The summed E-state index contributed by atoms with van der Waals surface area (Å²) in [6, 6.07) is 7.34. The van der Waals surface area contributed by atoms with Crippen molar-refractivity contribution >= 4 is 23.6 Å². The van der Waals surface area contributed by atoms with Crippen LogP contribution >= 0.6 is 11.8 Å². The van der Waals surface area contributed by atoms with E-state index < -0.39 is 21.2 Å². The molecule has 3 saturated heterocycles. The average molecular weight is 371 g/mol. The van der Waals surface area contributed by atoms with Gasteiger partial charge in [-0.2, -0.15) is 5.26 Å². The molecule has 1 spiro atoms. The molecular formula is C18H17N3O4S. The third kappa shape index (κ3) is 1.52. The van der Waals surface area contributed by atoms with Crippen LogP contribution in [0.2, 0.25) is 0 Å². The summed E-state index contributed by atoms with van der Waals surface area (Å²) in [5.41, 5.74) is -0.0887. The number of thioether (sulfide) groups is 1. The highest BCUT2D eigenvalue weighted by molar-refractivity contribution is 8.04. The van der Waals surface area contributed by atoms with E-state index >= 15 is 0 Å². The molecule has 1 aromatic rings. The van der Waals surface area contributed by atoms with Crippen LogP contribution in [-0.2, 0) is 9.59 Å². The minimum absolute atomic E-state index is 0.102. The summed E-state index contributed by atoms with van der Waals surface area (Å²) in [6.07, 6.45) is 0.310. The number of hydrogen-bond donors (Lipinski definition) is 0. The summed E-state index contributed by atoms with van der Waals surface area (Å²) >= 11 is 1.36. The van der Waals surface area contributed by atoms with Crippen molar-refractivity contribution in [3.63, 3.8) is 0 Å². The Hall–Kier alpha value is -2.40. The van der Waals surface area contributed by atoms with E-state index in [0.29, 0.717) is 17.9 Å². The number of fused-ring (bicyclic) bond motifs is 2. The molecule has 2 bridgehead atoms. The predicted molar refractivity (Wildman–Crippen MR) is 92.0 cm³/mol. The van der Waals surface area contributed by atoms with Gasteiger partial charge < -0.3 is 19.3 Å². The first-order valence-electron chi connectivity index (χ1n) is 8.40. The highest BCUT2D eigenvalue weighted by atomic mass is 32.2.